The summed E-state index contributed by atoms with van der Waals surface area (Å²) >= 11 is 6.07. The quantitative estimate of drug-likeness (QED) is 0.522. The van der Waals surface area contributed by atoms with Gasteiger partial charge in [-0.1, -0.05) is 11.6 Å². The van der Waals surface area contributed by atoms with Crippen LogP contribution in [0.5, 0.6) is 0 Å². The van der Waals surface area contributed by atoms with Crippen molar-refractivity contribution < 1.29 is 14.5 Å². The van der Waals surface area contributed by atoms with Crippen LogP contribution >= 0.6 is 11.6 Å². The van der Waals surface area contributed by atoms with Gasteiger partial charge >= 0.3 is 0 Å². The lowest BCUT2D eigenvalue weighted by Gasteiger charge is -2.50. The topological polar surface area (TPSA) is 79.2 Å². The van der Waals surface area contributed by atoms with Crippen LogP contribution in [0.1, 0.15) is 5.56 Å². The van der Waals surface area contributed by atoms with Crippen molar-refractivity contribution in [3.05, 3.63) is 63.2 Å². The molecule has 5 rings (SSSR count). The van der Waals surface area contributed by atoms with E-state index in [9.17, 15) is 14.9 Å². The summed E-state index contributed by atoms with van der Waals surface area (Å²) in [6.07, 6.45) is 0.503. The number of carbonyl (C=O) groups is 1. The maximum Gasteiger partial charge on any atom is 0.269 e. The summed E-state index contributed by atoms with van der Waals surface area (Å²) in [5.41, 5.74) is 3.03. The molecule has 2 aromatic rings. The van der Waals surface area contributed by atoms with Gasteiger partial charge in [-0.15, -0.1) is 0 Å². The van der Waals surface area contributed by atoms with Crippen molar-refractivity contribution in [2.75, 3.05) is 55.7 Å². The van der Waals surface area contributed by atoms with Gasteiger partial charge in [0, 0.05) is 61.3 Å². The number of piperazine rings is 1. The zero-order chi connectivity index (χ0) is 22.2. The first-order chi connectivity index (χ1) is 15.5. The van der Waals surface area contributed by atoms with Crippen LogP contribution in [-0.4, -0.2) is 67.7 Å². The number of rotatable bonds is 3. The van der Waals surface area contributed by atoms with Crippen LogP contribution in [0.4, 0.5) is 17.1 Å². The average Bonchev–Trinajstić information content (AvgIpc) is 2.83. The molecular weight excluding hydrogens is 432 g/mol. The van der Waals surface area contributed by atoms with Gasteiger partial charge in [0.2, 0.25) is 5.91 Å². The zero-order valence-electron chi connectivity index (χ0n) is 17.7. The first-order valence-electron chi connectivity index (χ1n) is 10.9. The van der Waals surface area contributed by atoms with E-state index in [4.69, 9.17) is 16.3 Å². The Hall–Kier alpha value is -2.84. The molecule has 3 aliphatic rings. The third-order valence-corrected chi connectivity index (χ3v) is 6.99. The monoisotopic (exact) mass is 456 g/mol. The Kier molecular flexibility index (Phi) is 5.65. The van der Waals surface area contributed by atoms with E-state index in [1.54, 1.807) is 12.1 Å². The standard InChI is InChI=1S/C23H25ClN4O4/c24-17-1-3-18(4-2-17)26-7-8-27-21-6-5-19(28(30)31)13-16(21)14-20(22(27)15-26)23(29)25-9-11-32-12-10-25/h1-6,13,20,22H,7-12,14-15H2. The number of fused-ring (bicyclic) bond motifs is 3. The molecule has 2 atom stereocenters. The lowest BCUT2D eigenvalue weighted by Crippen LogP contribution is -2.62. The van der Waals surface area contributed by atoms with Crippen LogP contribution in [0, 0.1) is 16.0 Å². The molecule has 2 unspecified atom stereocenters. The number of nitro benzene ring substituents is 1. The van der Waals surface area contributed by atoms with Gasteiger partial charge in [-0.2, -0.15) is 0 Å². The summed E-state index contributed by atoms with van der Waals surface area (Å²) in [6, 6.07) is 12.8. The summed E-state index contributed by atoms with van der Waals surface area (Å²) in [6.45, 7) is 4.52. The molecule has 1 amide bonds. The van der Waals surface area contributed by atoms with E-state index in [1.165, 1.54) is 0 Å². The number of halogens is 1. The molecule has 32 heavy (non-hydrogen) atoms. The molecular formula is C23H25ClN4O4. The number of morpholine rings is 1. The highest BCUT2D eigenvalue weighted by atomic mass is 35.5. The molecule has 2 fully saturated rings. The molecule has 0 radical (unpaired) electrons. The summed E-state index contributed by atoms with van der Waals surface area (Å²) in [5, 5.41) is 12.0. The number of benzene rings is 2. The zero-order valence-corrected chi connectivity index (χ0v) is 18.4. The molecule has 3 aliphatic heterocycles. The summed E-state index contributed by atoms with van der Waals surface area (Å²) < 4.78 is 5.43. The van der Waals surface area contributed by atoms with Gasteiger partial charge in [0.15, 0.2) is 0 Å². The second kappa shape index (κ2) is 8.60. The Morgan fingerprint density at radius 1 is 1.06 bits per heavy atom. The molecule has 168 valence electrons. The van der Waals surface area contributed by atoms with E-state index >= 15 is 0 Å². The van der Waals surface area contributed by atoms with Crippen molar-refractivity contribution in [2.24, 2.45) is 5.92 Å². The van der Waals surface area contributed by atoms with E-state index in [-0.39, 0.29) is 28.5 Å². The minimum Gasteiger partial charge on any atom is -0.378 e. The molecule has 0 bridgehead atoms. The minimum absolute atomic E-state index is 0.0104. The first kappa shape index (κ1) is 21.0. The second-order valence-electron chi connectivity index (χ2n) is 8.50. The Bertz CT molecular complexity index is 1030. The highest BCUT2D eigenvalue weighted by Crippen LogP contribution is 2.39. The van der Waals surface area contributed by atoms with Crippen molar-refractivity contribution >= 4 is 34.6 Å². The Balaban J connectivity index is 1.48. The van der Waals surface area contributed by atoms with E-state index in [0.717, 1.165) is 30.0 Å². The van der Waals surface area contributed by atoms with Crippen LogP contribution in [-0.2, 0) is 16.0 Å². The predicted octanol–water partition coefficient (Wildman–Crippen LogP) is 2.97. The molecule has 0 aromatic heterocycles. The van der Waals surface area contributed by atoms with Crippen molar-refractivity contribution in [2.45, 2.75) is 12.5 Å². The fraction of sp³-hybridized carbons (Fsp3) is 0.435. The summed E-state index contributed by atoms with van der Waals surface area (Å²) in [7, 11) is 0. The Labute approximate surface area is 191 Å². The maximum absolute atomic E-state index is 13.6. The molecule has 2 aromatic carbocycles. The second-order valence-corrected chi connectivity index (χ2v) is 8.94. The van der Waals surface area contributed by atoms with Crippen molar-refractivity contribution in [1.82, 2.24) is 4.90 Å². The number of hydrogen-bond donors (Lipinski definition) is 0. The van der Waals surface area contributed by atoms with Gasteiger partial charge in [-0.3, -0.25) is 14.9 Å². The predicted molar refractivity (Wildman–Crippen MR) is 122 cm³/mol. The SMILES string of the molecule is O=C(C1Cc2cc([N+](=O)[O-])ccc2N2CCN(c3ccc(Cl)cc3)CC12)N1CCOCC1. The van der Waals surface area contributed by atoms with Crippen LogP contribution < -0.4 is 9.80 Å². The smallest absolute Gasteiger partial charge is 0.269 e. The number of amides is 1. The molecule has 8 nitrogen and oxygen atoms in total. The molecule has 0 spiro atoms. The number of carbonyl (C=O) groups excluding carboxylic acids is 1. The van der Waals surface area contributed by atoms with Crippen LogP contribution in [0.15, 0.2) is 42.5 Å². The summed E-state index contributed by atoms with van der Waals surface area (Å²) in [4.78, 5) is 31.0. The van der Waals surface area contributed by atoms with Gasteiger partial charge in [-0.25, -0.2) is 0 Å². The van der Waals surface area contributed by atoms with Crippen LogP contribution in [0.2, 0.25) is 5.02 Å². The van der Waals surface area contributed by atoms with Crippen molar-refractivity contribution in [3.63, 3.8) is 0 Å². The minimum atomic E-state index is -0.371. The van der Waals surface area contributed by atoms with Crippen molar-refractivity contribution in [1.29, 1.82) is 0 Å². The largest absolute Gasteiger partial charge is 0.378 e. The highest BCUT2D eigenvalue weighted by Gasteiger charge is 2.43. The third-order valence-electron chi connectivity index (χ3n) is 6.74. The third kappa shape index (κ3) is 3.89. The molecule has 0 aliphatic carbocycles. The number of nitro groups is 1. The fourth-order valence-electron chi connectivity index (χ4n) is 5.11. The lowest BCUT2D eigenvalue weighted by atomic mass is 9.82. The number of hydrogen-bond acceptors (Lipinski definition) is 6. The van der Waals surface area contributed by atoms with E-state index in [2.05, 4.69) is 9.80 Å². The number of anilines is 2. The normalized spacial score (nSPS) is 22.8. The van der Waals surface area contributed by atoms with E-state index in [0.29, 0.717) is 44.3 Å². The maximum atomic E-state index is 13.6. The number of non-ortho nitro benzene ring substituents is 1. The van der Waals surface area contributed by atoms with Crippen molar-refractivity contribution in [3.8, 4) is 0 Å². The number of nitrogens with zero attached hydrogens (tertiary/aromatic N) is 4. The van der Waals surface area contributed by atoms with Gasteiger partial charge in [-0.05, 0) is 42.3 Å². The number of ether oxygens (including phenoxy) is 1. The highest BCUT2D eigenvalue weighted by molar-refractivity contribution is 6.30. The first-order valence-corrected chi connectivity index (χ1v) is 11.3. The Morgan fingerprint density at radius 2 is 1.81 bits per heavy atom. The molecule has 3 heterocycles. The van der Waals surface area contributed by atoms with Gasteiger partial charge < -0.3 is 19.4 Å². The van der Waals surface area contributed by atoms with Crippen LogP contribution in [0.25, 0.3) is 0 Å². The van der Waals surface area contributed by atoms with E-state index < -0.39 is 0 Å². The Morgan fingerprint density at radius 3 is 2.53 bits per heavy atom. The van der Waals surface area contributed by atoms with Crippen LogP contribution in [0.3, 0.4) is 0 Å². The molecule has 0 saturated carbocycles. The van der Waals surface area contributed by atoms with E-state index in [1.807, 2.05) is 35.2 Å². The lowest BCUT2D eigenvalue weighted by molar-refractivity contribution is -0.384. The summed E-state index contributed by atoms with van der Waals surface area (Å²) in [5.74, 6) is -0.156. The van der Waals surface area contributed by atoms with Gasteiger partial charge in [0.25, 0.3) is 5.69 Å². The molecule has 2 saturated heterocycles. The fourth-order valence-corrected chi connectivity index (χ4v) is 5.24. The van der Waals surface area contributed by atoms with Gasteiger partial charge in [0.1, 0.15) is 0 Å². The molecule has 0 N–H and O–H groups in total. The van der Waals surface area contributed by atoms with Gasteiger partial charge in [0.05, 0.1) is 30.1 Å². The average molecular weight is 457 g/mol. The molecule has 9 heteroatoms.